The number of amides is 4. The summed E-state index contributed by atoms with van der Waals surface area (Å²) in [5.41, 5.74) is 6.35. The zero-order chi connectivity index (χ0) is 47.8. The van der Waals surface area contributed by atoms with E-state index in [2.05, 4.69) is 79.4 Å². The molecular weight excluding hydrogens is 881 g/mol. The zero-order valence-corrected chi connectivity index (χ0v) is 39.7. The molecule has 0 radical (unpaired) electrons. The number of benzene rings is 2. The molecule has 2 saturated heterocycles. The van der Waals surface area contributed by atoms with E-state index < -0.39 is 29.7 Å². The summed E-state index contributed by atoms with van der Waals surface area (Å²) < 4.78 is 22.8. The van der Waals surface area contributed by atoms with Gasteiger partial charge < -0.3 is 34.9 Å². The molecule has 1 aliphatic carbocycles. The minimum Gasteiger partial charge on any atom is -0.382 e. The molecule has 3 fully saturated rings. The summed E-state index contributed by atoms with van der Waals surface area (Å²) in [5.74, 6) is -0.694. The number of ether oxygens (including phenoxy) is 4. The number of nitrogens with one attached hydrogen (secondary N) is 4. The van der Waals surface area contributed by atoms with Gasteiger partial charge in [0, 0.05) is 82.9 Å². The average molecular weight is 947 g/mol. The smallest absolute Gasteiger partial charge is 0.264 e. The van der Waals surface area contributed by atoms with Crippen LogP contribution in [0.1, 0.15) is 82.4 Å². The molecule has 2 aromatic heterocycles. The highest BCUT2D eigenvalue weighted by Gasteiger charge is 2.45. The van der Waals surface area contributed by atoms with Crippen molar-refractivity contribution in [3.63, 3.8) is 0 Å². The highest BCUT2D eigenvalue weighted by molar-refractivity contribution is 6.25. The first kappa shape index (κ1) is 49.5. The SMILES string of the molecule is Cc1ccc(CNc2ncc(-c3ccc(CN4CCN(CCOCCOCCOCCOCCNc5cccc6c5C(=O)N(C5CCC(=O)NC5=O)C6=O)CC4)cn3)c(NC3CCCCC3)n2)cc1. The van der Waals surface area contributed by atoms with Crippen LogP contribution < -0.4 is 21.3 Å². The van der Waals surface area contributed by atoms with E-state index in [1.165, 1.54) is 36.0 Å². The van der Waals surface area contributed by atoms with Crippen LogP contribution in [0.5, 0.6) is 0 Å². The van der Waals surface area contributed by atoms with Crippen LogP contribution in [0.2, 0.25) is 0 Å². The molecule has 8 rings (SSSR count). The number of aromatic nitrogens is 3. The summed E-state index contributed by atoms with van der Waals surface area (Å²) in [7, 11) is 0. The van der Waals surface area contributed by atoms with E-state index in [0.717, 1.165) is 74.1 Å². The lowest BCUT2D eigenvalue weighted by atomic mass is 9.95. The average Bonchev–Trinajstić information content (AvgIpc) is 3.62. The van der Waals surface area contributed by atoms with Gasteiger partial charge in [0.15, 0.2) is 0 Å². The Morgan fingerprint density at radius 2 is 1.38 bits per heavy atom. The second-order valence-electron chi connectivity index (χ2n) is 18.0. The minimum absolute atomic E-state index is 0.0690. The van der Waals surface area contributed by atoms with Crippen molar-refractivity contribution in [3.05, 3.63) is 94.8 Å². The summed E-state index contributed by atoms with van der Waals surface area (Å²) in [5, 5.41) is 12.5. The lowest BCUT2D eigenvalue weighted by Gasteiger charge is -2.34. The van der Waals surface area contributed by atoms with Gasteiger partial charge in [0.1, 0.15) is 11.9 Å². The molecule has 368 valence electrons. The van der Waals surface area contributed by atoms with Gasteiger partial charge in [-0.05, 0) is 55.5 Å². The summed E-state index contributed by atoms with van der Waals surface area (Å²) in [6.07, 6.45) is 10.1. The van der Waals surface area contributed by atoms with Crippen LogP contribution in [-0.2, 0) is 41.6 Å². The number of pyridine rings is 1. The number of hydrogen-bond acceptors (Lipinski definition) is 16. The standard InChI is InChI=1S/C51H66N10O8/c1-36-10-12-37(13-11-36)32-54-51-55-34-41(47(58-51)56-39-6-3-2-4-7-39)42-15-14-38(33-53-42)35-60-21-19-59(20-22-60)23-25-67-27-29-69-31-30-68-28-26-66-24-18-52-43-9-5-8-40-46(43)50(65)61(49(40)64)44-16-17-45(62)57-48(44)63/h5,8-15,33-34,39,44,52H,2-4,6-7,16-32,35H2,1H3,(H,57,62,63)(H2,54,55,56,58). The molecule has 4 aliphatic rings. The van der Waals surface area contributed by atoms with E-state index in [4.69, 9.17) is 28.9 Å². The maximum Gasteiger partial charge on any atom is 0.264 e. The molecule has 4 amide bonds. The van der Waals surface area contributed by atoms with Crippen molar-refractivity contribution < 1.29 is 38.1 Å². The van der Waals surface area contributed by atoms with Gasteiger partial charge in [0.2, 0.25) is 17.8 Å². The monoisotopic (exact) mass is 947 g/mol. The van der Waals surface area contributed by atoms with Gasteiger partial charge in [-0.2, -0.15) is 4.98 Å². The molecule has 4 N–H and O–H groups in total. The fourth-order valence-electron chi connectivity index (χ4n) is 9.07. The zero-order valence-electron chi connectivity index (χ0n) is 39.7. The van der Waals surface area contributed by atoms with E-state index in [9.17, 15) is 19.2 Å². The van der Waals surface area contributed by atoms with Crippen molar-refractivity contribution in [1.29, 1.82) is 0 Å². The third-order valence-corrected chi connectivity index (χ3v) is 13.0. The van der Waals surface area contributed by atoms with E-state index >= 15 is 0 Å². The van der Waals surface area contributed by atoms with E-state index in [-0.39, 0.29) is 24.0 Å². The molecule has 1 atom stereocenters. The molecule has 2 aromatic carbocycles. The number of piperazine rings is 1. The molecule has 0 spiro atoms. The van der Waals surface area contributed by atoms with Gasteiger partial charge in [-0.25, -0.2) is 4.98 Å². The number of imide groups is 2. The van der Waals surface area contributed by atoms with Gasteiger partial charge in [-0.3, -0.25) is 44.2 Å². The number of carbonyl (C=O) groups excluding carboxylic acids is 4. The molecule has 0 bridgehead atoms. The first-order valence-electron chi connectivity index (χ1n) is 24.5. The lowest BCUT2D eigenvalue weighted by molar-refractivity contribution is -0.136. The Labute approximate surface area is 404 Å². The number of fused-ring (bicyclic) bond motifs is 1. The number of hydrogen-bond donors (Lipinski definition) is 4. The number of carbonyl (C=O) groups is 4. The van der Waals surface area contributed by atoms with Gasteiger partial charge in [0.05, 0.1) is 75.2 Å². The molecule has 18 heteroatoms. The summed E-state index contributed by atoms with van der Waals surface area (Å²) in [4.78, 5) is 70.7. The van der Waals surface area contributed by atoms with Crippen molar-refractivity contribution in [2.75, 3.05) is 108 Å². The Bertz CT molecular complexity index is 2340. The second-order valence-corrected chi connectivity index (χ2v) is 18.0. The van der Waals surface area contributed by atoms with Gasteiger partial charge >= 0.3 is 0 Å². The first-order chi connectivity index (χ1) is 33.8. The highest BCUT2D eigenvalue weighted by atomic mass is 16.6. The summed E-state index contributed by atoms with van der Waals surface area (Å²) in [6, 6.07) is 17.1. The van der Waals surface area contributed by atoms with E-state index in [1.807, 2.05) is 12.4 Å². The Balaban J connectivity index is 0.646. The lowest BCUT2D eigenvalue weighted by Crippen LogP contribution is -2.54. The maximum absolute atomic E-state index is 13.2. The number of rotatable bonds is 25. The van der Waals surface area contributed by atoms with Crippen LogP contribution in [0.4, 0.5) is 17.5 Å². The van der Waals surface area contributed by atoms with Gasteiger partial charge in [0.25, 0.3) is 11.8 Å². The Morgan fingerprint density at radius 3 is 2.09 bits per heavy atom. The largest absolute Gasteiger partial charge is 0.382 e. The highest BCUT2D eigenvalue weighted by Crippen LogP contribution is 2.33. The molecule has 5 heterocycles. The minimum atomic E-state index is -1.01. The van der Waals surface area contributed by atoms with Crippen LogP contribution in [0.25, 0.3) is 11.3 Å². The fraction of sp³-hybridized carbons (Fsp3) is 0.510. The number of piperidine rings is 1. The van der Waals surface area contributed by atoms with Crippen molar-refractivity contribution >= 4 is 41.1 Å². The van der Waals surface area contributed by atoms with Crippen LogP contribution in [-0.4, -0.2) is 157 Å². The van der Waals surface area contributed by atoms with E-state index in [1.54, 1.807) is 18.2 Å². The van der Waals surface area contributed by atoms with Crippen LogP contribution >= 0.6 is 0 Å². The topological polar surface area (TPSA) is 202 Å². The van der Waals surface area contributed by atoms with Crippen molar-refractivity contribution in [2.24, 2.45) is 0 Å². The van der Waals surface area contributed by atoms with Crippen LogP contribution in [0.3, 0.4) is 0 Å². The van der Waals surface area contributed by atoms with Crippen molar-refractivity contribution in [3.8, 4) is 11.3 Å². The molecular formula is C51H66N10O8. The third kappa shape index (κ3) is 13.9. The molecule has 1 saturated carbocycles. The number of anilines is 3. The molecule has 18 nitrogen and oxygen atoms in total. The van der Waals surface area contributed by atoms with Crippen molar-refractivity contribution in [1.82, 2.24) is 35.0 Å². The fourth-order valence-corrected chi connectivity index (χ4v) is 9.07. The first-order valence-corrected chi connectivity index (χ1v) is 24.5. The second kappa shape index (κ2) is 25.1. The normalized spacial score (nSPS) is 18.1. The predicted octanol–water partition coefficient (Wildman–Crippen LogP) is 4.90. The molecule has 69 heavy (non-hydrogen) atoms. The van der Waals surface area contributed by atoms with E-state index in [0.29, 0.717) is 83.6 Å². The maximum atomic E-state index is 13.2. The Hall–Kier alpha value is -5.89. The summed E-state index contributed by atoms with van der Waals surface area (Å²) >= 11 is 0. The number of aryl methyl sites for hydroxylation is 1. The van der Waals surface area contributed by atoms with Crippen LogP contribution in [0, 0.1) is 6.92 Å². The number of nitrogens with zero attached hydrogens (tertiary/aromatic N) is 6. The molecule has 1 unspecified atom stereocenters. The predicted molar refractivity (Wildman–Crippen MR) is 261 cm³/mol. The molecule has 4 aromatic rings. The van der Waals surface area contributed by atoms with Gasteiger partial charge in [-0.15, -0.1) is 0 Å². The Kier molecular flexibility index (Phi) is 18.0. The van der Waals surface area contributed by atoms with Crippen molar-refractivity contribution in [2.45, 2.75) is 77.0 Å². The summed E-state index contributed by atoms with van der Waals surface area (Å²) in [6.45, 7) is 12.6. The van der Waals surface area contributed by atoms with Crippen LogP contribution in [0.15, 0.2) is 67.0 Å². The quantitative estimate of drug-likeness (QED) is 0.0516. The third-order valence-electron chi connectivity index (χ3n) is 13.0. The Morgan fingerprint density at radius 1 is 0.681 bits per heavy atom. The molecule has 3 aliphatic heterocycles. The van der Waals surface area contributed by atoms with Gasteiger partial charge in [-0.1, -0.05) is 61.2 Å².